The van der Waals surface area contributed by atoms with Gasteiger partial charge >= 0.3 is 5.69 Å². The molecule has 3 heterocycles. The smallest absolute Gasteiger partial charge is 0.332 e. The van der Waals surface area contributed by atoms with E-state index in [1.165, 1.54) is 7.05 Å². The van der Waals surface area contributed by atoms with Crippen LogP contribution in [-0.2, 0) is 11.8 Å². The molecular weight excluding hydrogens is 298 g/mol. The summed E-state index contributed by atoms with van der Waals surface area (Å²) in [5, 5.41) is 29.0. The number of aliphatic hydroxyl groups excluding tert-OH is 3. The first-order valence-corrected chi connectivity index (χ1v) is 6.46. The number of aryl methyl sites for hydroxylation is 1. The van der Waals surface area contributed by atoms with Crippen LogP contribution in [0.25, 0.3) is 11.2 Å². The van der Waals surface area contributed by atoms with E-state index < -0.39 is 42.4 Å². The lowest BCUT2D eigenvalue weighted by molar-refractivity contribution is -0.0527. The molecule has 0 amide bonds. The maximum Gasteiger partial charge on any atom is 0.332 e. The number of hydrogen-bond acceptors (Lipinski definition) is 8. The Morgan fingerprint density at radius 2 is 2.05 bits per heavy atom. The van der Waals surface area contributed by atoms with E-state index in [4.69, 9.17) is 15.6 Å². The highest BCUT2D eigenvalue weighted by Crippen LogP contribution is 2.29. The van der Waals surface area contributed by atoms with Crippen LogP contribution in [0.2, 0.25) is 0 Å². The van der Waals surface area contributed by atoms with E-state index in [0.717, 1.165) is 9.13 Å². The molecule has 0 bridgehead atoms. The Kier molecular flexibility index (Phi) is 3.29. The number of nitrogen functional groups attached to an aromatic ring is 1. The second-order valence-electron chi connectivity index (χ2n) is 5.06. The summed E-state index contributed by atoms with van der Waals surface area (Å²) in [6, 6.07) is 0. The first-order chi connectivity index (χ1) is 10.4. The van der Waals surface area contributed by atoms with Crippen LogP contribution in [0.5, 0.6) is 0 Å². The van der Waals surface area contributed by atoms with Crippen molar-refractivity contribution in [3.05, 3.63) is 20.8 Å². The molecule has 3 rings (SSSR count). The number of aliphatic hydroxyl groups is 3. The molecule has 0 aromatic carbocycles. The predicted molar refractivity (Wildman–Crippen MR) is 73.0 cm³/mol. The maximum atomic E-state index is 12.3. The van der Waals surface area contributed by atoms with E-state index in [1.54, 1.807) is 0 Å². The number of H-pyrrole nitrogens is 1. The zero-order chi connectivity index (χ0) is 16.2. The molecule has 22 heavy (non-hydrogen) atoms. The summed E-state index contributed by atoms with van der Waals surface area (Å²) in [4.78, 5) is 30.4. The summed E-state index contributed by atoms with van der Waals surface area (Å²) in [6.45, 7) is -0.537. The molecule has 0 spiro atoms. The third-order valence-electron chi connectivity index (χ3n) is 3.72. The van der Waals surface area contributed by atoms with Crippen molar-refractivity contribution in [2.45, 2.75) is 24.5 Å². The topological polar surface area (TPSA) is 169 Å². The summed E-state index contributed by atoms with van der Waals surface area (Å²) in [5.74, 6) is -0.205. The highest BCUT2D eigenvalue weighted by atomic mass is 16.6. The lowest BCUT2D eigenvalue weighted by Gasteiger charge is -2.15. The van der Waals surface area contributed by atoms with Crippen molar-refractivity contribution >= 4 is 17.1 Å². The van der Waals surface area contributed by atoms with Crippen LogP contribution in [-0.4, -0.2) is 59.3 Å². The number of nitrogens with one attached hydrogen (secondary N) is 1. The van der Waals surface area contributed by atoms with E-state index in [0.29, 0.717) is 0 Å². The monoisotopic (exact) mass is 313 g/mol. The maximum absolute atomic E-state index is 12.3. The molecule has 0 radical (unpaired) electrons. The Balaban J connectivity index is 2.26. The zero-order valence-electron chi connectivity index (χ0n) is 11.5. The molecule has 1 aliphatic rings. The first kappa shape index (κ1) is 14.7. The van der Waals surface area contributed by atoms with Crippen LogP contribution >= 0.6 is 0 Å². The molecule has 2 aromatic rings. The van der Waals surface area contributed by atoms with Crippen molar-refractivity contribution in [1.29, 1.82) is 0 Å². The van der Waals surface area contributed by atoms with Gasteiger partial charge in [0.1, 0.15) is 18.3 Å². The van der Waals surface area contributed by atoms with Gasteiger partial charge in [-0.15, -0.1) is 0 Å². The molecule has 1 saturated heterocycles. The van der Waals surface area contributed by atoms with Crippen LogP contribution < -0.4 is 17.0 Å². The fourth-order valence-corrected chi connectivity index (χ4v) is 2.61. The minimum atomic E-state index is -1.47. The van der Waals surface area contributed by atoms with Gasteiger partial charge in [0.25, 0.3) is 5.56 Å². The van der Waals surface area contributed by atoms with Gasteiger partial charge in [0.15, 0.2) is 17.4 Å². The summed E-state index contributed by atoms with van der Waals surface area (Å²) in [6.07, 6.45) is -5.20. The highest BCUT2D eigenvalue weighted by molar-refractivity contribution is 5.71. The van der Waals surface area contributed by atoms with Crippen molar-refractivity contribution in [2.24, 2.45) is 7.05 Å². The summed E-state index contributed by atoms with van der Waals surface area (Å²) >= 11 is 0. The number of rotatable bonds is 2. The SMILES string of the molecule is Cn1c(=O)n([C@H]2O[C@@H](CO)[C@@H](O)[C@@H]2O)c2nc(N)[nH]c(=O)c21. The summed E-state index contributed by atoms with van der Waals surface area (Å²) in [7, 11) is 1.36. The van der Waals surface area contributed by atoms with E-state index in [9.17, 15) is 19.8 Å². The summed E-state index contributed by atoms with van der Waals surface area (Å²) < 4.78 is 7.28. The van der Waals surface area contributed by atoms with Crippen LogP contribution in [0, 0.1) is 0 Å². The number of anilines is 1. The largest absolute Gasteiger partial charge is 0.394 e. The van der Waals surface area contributed by atoms with Crippen molar-refractivity contribution < 1.29 is 20.1 Å². The number of ether oxygens (including phenoxy) is 1. The fourth-order valence-electron chi connectivity index (χ4n) is 2.61. The van der Waals surface area contributed by atoms with Crippen LogP contribution in [0.1, 0.15) is 6.23 Å². The Labute approximate surface area is 122 Å². The van der Waals surface area contributed by atoms with E-state index in [2.05, 4.69) is 9.97 Å². The third-order valence-corrected chi connectivity index (χ3v) is 3.72. The lowest BCUT2D eigenvalue weighted by Crippen LogP contribution is -2.35. The molecular formula is C11H15N5O6. The third kappa shape index (κ3) is 1.87. The normalized spacial score (nSPS) is 28.5. The van der Waals surface area contributed by atoms with Gasteiger partial charge < -0.3 is 25.8 Å². The Morgan fingerprint density at radius 3 is 2.64 bits per heavy atom. The number of aromatic amines is 1. The number of nitrogens with zero attached hydrogens (tertiary/aromatic N) is 3. The van der Waals surface area contributed by atoms with Crippen LogP contribution in [0.15, 0.2) is 9.59 Å². The van der Waals surface area contributed by atoms with Gasteiger partial charge in [-0.05, 0) is 0 Å². The van der Waals surface area contributed by atoms with Crippen molar-refractivity contribution in [1.82, 2.24) is 19.1 Å². The minimum Gasteiger partial charge on any atom is -0.394 e. The van der Waals surface area contributed by atoms with Gasteiger partial charge in [-0.1, -0.05) is 0 Å². The van der Waals surface area contributed by atoms with Crippen LogP contribution in [0.4, 0.5) is 5.95 Å². The molecule has 4 atom stereocenters. The van der Waals surface area contributed by atoms with Crippen LogP contribution in [0.3, 0.4) is 0 Å². The molecule has 2 aromatic heterocycles. The second-order valence-corrected chi connectivity index (χ2v) is 5.06. The Hall–Kier alpha value is -2.21. The molecule has 11 heteroatoms. The predicted octanol–water partition coefficient (Wildman–Crippen LogP) is -3.38. The first-order valence-electron chi connectivity index (χ1n) is 6.46. The number of imidazole rings is 1. The lowest BCUT2D eigenvalue weighted by atomic mass is 10.1. The van der Waals surface area contributed by atoms with E-state index in [-0.39, 0.29) is 17.1 Å². The van der Waals surface area contributed by atoms with E-state index >= 15 is 0 Å². The quantitative estimate of drug-likeness (QED) is 0.382. The zero-order valence-corrected chi connectivity index (χ0v) is 11.5. The standard InChI is InChI=1S/C11H15N5O6/c1-15-4-7(13-10(12)14-8(4)20)16(11(15)21)9-6(19)5(18)3(2-17)22-9/h3,5-6,9,17-19H,2H2,1H3,(H3,12,13,14,20)/t3-,5+,6-,9-/m0/s1. The second kappa shape index (κ2) is 4.91. The molecule has 120 valence electrons. The minimum absolute atomic E-state index is 0.0445. The highest BCUT2D eigenvalue weighted by Gasteiger charge is 2.45. The van der Waals surface area contributed by atoms with Gasteiger partial charge in [0.2, 0.25) is 5.95 Å². The van der Waals surface area contributed by atoms with Crippen molar-refractivity contribution in [2.75, 3.05) is 12.3 Å². The molecule has 0 aliphatic carbocycles. The molecule has 1 aliphatic heterocycles. The van der Waals surface area contributed by atoms with Crippen molar-refractivity contribution in [3.63, 3.8) is 0 Å². The van der Waals surface area contributed by atoms with Gasteiger partial charge in [-0.3, -0.25) is 14.3 Å². The van der Waals surface area contributed by atoms with Gasteiger partial charge in [0.05, 0.1) is 6.61 Å². The van der Waals surface area contributed by atoms with Gasteiger partial charge in [-0.2, -0.15) is 4.98 Å². The average Bonchev–Trinajstić information content (AvgIpc) is 2.87. The number of aromatic nitrogens is 4. The number of fused-ring (bicyclic) bond motifs is 1. The molecule has 6 N–H and O–H groups in total. The summed E-state index contributed by atoms with van der Waals surface area (Å²) in [5.41, 5.74) is 4.07. The average molecular weight is 313 g/mol. The molecule has 0 unspecified atom stereocenters. The van der Waals surface area contributed by atoms with Gasteiger partial charge in [0, 0.05) is 7.05 Å². The van der Waals surface area contributed by atoms with E-state index in [1.807, 2.05) is 0 Å². The van der Waals surface area contributed by atoms with Gasteiger partial charge in [-0.25, -0.2) is 9.36 Å². The fraction of sp³-hybridized carbons (Fsp3) is 0.545. The number of hydrogen-bond donors (Lipinski definition) is 5. The van der Waals surface area contributed by atoms with Crippen molar-refractivity contribution in [3.8, 4) is 0 Å². The molecule has 0 saturated carbocycles. The Bertz CT molecular complexity index is 838. The molecule has 1 fully saturated rings. The Morgan fingerprint density at radius 1 is 1.36 bits per heavy atom. The molecule has 11 nitrogen and oxygen atoms in total. The number of nitrogens with two attached hydrogens (primary N) is 1.